The molecule has 1 rings (SSSR count). The molecule has 0 aromatic carbocycles. The van der Waals surface area contributed by atoms with Gasteiger partial charge >= 0.3 is 6.18 Å². The summed E-state index contributed by atoms with van der Waals surface area (Å²) in [5.74, 6) is 0. The third-order valence-electron chi connectivity index (χ3n) is 1.48. The Labute approximate surface area is 92.6 Å². The zero-order valence-corrected chi connectivity index (χ0v) is 9.26. The highest BCUT2D eigenvalue weighted by atomic mass is 127. The van der Waals surface area contributed by atoms with Crippen LogP contribution in [0.15, 0.2) is 12.5 Å². The van der Waals surface area contributed by atoms with E-state index in [1.165, 1.54) is 6.33 Å². The molecule has 80 valence electrons. The van der Waals surface area contributed by atoms with Gasteiger partial charge in [0.25, 0.3) is 0 Å². The predicted molar refractivity (Wildman–Crippen MR) is 54.2 cm³/mol. The molecule has 0 saturated carbocycles. The zero-order chi connectivity index (χ0) is 10.6. The van der Waals surface area contributed by atoms with Crippen LogP contribution < -0.4 is 5.32 Å². The van der Waals surface area contributed by atoms with Crippen LogP contribution in [0.3, 0.4) is 0 Å². The highest BCUT2D eigenvalue weighted by Gasteiger charge is 2.27. The number of halogens is 4. The summed E-state index contributed by atoms with van der Waals surface area (Å²) >= 11 is 1.92. The number of hydrogen-bond acceptors (Lipinski definition) is 2. The van der Waals surface area contributed by atoms with Gasteiger partial charge in [-0.1, -0.05) is 22.6 Å². The first-order valence-electron chi connectivity index (χ1n) is 3.89. The molecule has 1 heterocycles. The summed E-state index contributed by atoms with van der Waals surface area (Å²) in [7, 11) is 0. The first-order chi connectivity index (χ1) is 6.47. The molecule has 0 aliphatic carbocycles. The van der Waals surface area contributed by atoms with Crippen molar-refractivity contribution in [1.29, 1.82) is 0 Å². The van der Waals surface area contributed by atoms with Crippen LogP contribution in [0.2, 0.25) is 0 Å². The van der Waals surface area contributed by atoms with Gasteiger partial charge < -0.3 is 4.98 Å². The van der Waals surface area contributed by atoms with Crippen molar-refractivity contribution in [2.24, 2.45) is 0 Å². The Balaban J connectivity index is 2.26. The number of H-pyrrole nitrogens is 1. The Morgan fingerprint density at radius 3 is 2.79 bits per heavy atom. The van der Waals surface area contributed by atoms with Crippen molar-refractivity contribution in [1.82, 2.24) is 15.3 Å². The summed E-state index contributed by atoms with van der Waals surface area (Å²) in [5, 5.41) is 2.37. The summed E-state index contributed by atoms with van der Waals surface area (Å²) < 4.78 is 35.2. The van der Waals surface area contributed by atoms with Gasteiger partial charge in [-0.3, -0.25) is 5.32 Å². The monoisotopic (exact) mass is 319 g/mol. The third-order valence-corrected chi connectivity index (χ3v) is 2.36. The second kappa shape index (κ2) is 4.96. The number of rotatable bonds is 4. The maximum absolute atomic E-state index is 11.8. The van der Waals surface area contributed by atoms with Crippen molar-refractivity contribution in [2.45, 2.75) is 16.6 Å². The van der Waals surface area contributed by atoms with Gasteiger partial charge in [0.1, 0.15) is 0 Å². The van der Waals surface area contributed by atoms with E-state index in [4.69, 9.17) is 0 Å². The van der Waals surface area contributed by atoms with Gasteiger partial charge in [-0.05, 0) is 0 Å². The molecule has 0 bridgehead atoms. The van der Waals surface area contributed by atoms with Gasteiger partial charge in [-0.25, -0.2) is 4.98 Å². The van der Waals surface area contributed by atoms with E-state index in [9.17, 15) is 13.2 Å². The number of alkyl halides is 4. The lowest BCUT2D eigenvalue weighted by Crippen LogP contribution is -2.34. The summed E-state index contributed by atoms with van der Waals surface area (Å²) in [6, 6.07) is 0. The van der Waals surface area contributed by atoms with Crippen LogP contribution in [0.4, 0.5) is 13.2 Å². The Bertz CT molecular complexity index is 260. The van der Waals surface area contributed by atoms with Gasteiger partial charge in [0.05, 0.1) is 16.9 Å². The quantitative estimate of drug-likeness (QED) is 0.505. The molecule has 0 saturated heterocycles. The molecule has 1 aromatic rings. The highest BCUT2D eigenvalue weighted by molar-refractivity contribution is 14.1. The number of aromatic nitrogens is 2. The van der Waals surface area contributed by atoms with Crippen LogP contribution in [0.25, 0.3) is 0 Å². The molecular formula is C7H9F3IN3. The second-order valence-electron chi connectivity index (χ2n) is 2.74. The normalized spacial score (nSPS) is 14.3. The van der Waals surface area contributed by atoms with E-state index < -0.39 is 12.7 Å². The zero-order valence-electron chi connectivity index (χ0n) is 7.11. The molecule has 0 aliphatic heterocycles. The molecule has 0 spiro atoms. The summed E-state index contributed by atoms with van der Waals surface area (Å²) in [4.78, 5) is 6.60. The lowest BCUT2D eigenvalue weighted by atomic mass is 10.3. The second-order valence-corrected chi connectivity index (χ2v) is 4.25. The molecule has 14 heavy (non-hydrogen) atoms. The average Bonchev–Trinajstić information content (AvgIpc) is 2.52. The standard InChI is InChI=1S/C7H9F3IN3/c8-7(9,10)3-13-6(11)1-5-2-12-4-14-5/h2,4,6,13H,1,3H2,(H,12,14)/t6-/m0/s1. The van der Waals surface area contributed by atoms with Crippen molar-refractivity contribution in [3.8, 4) is 0 Å². The minimum Gasteiger partial charge on any atom is -0.348 e. The van der Waals surface area contributed by atoms with E-state index in [0.717, 1.165) is 5.69 Å². The van der Waals surface area contributed by atoms with Gasteiger partial charge in [0, 0.05) is 18.3 Å². The van der Waals surface area contributed by atoms with Crippen LogP contribution in [0.5, 0.6) is 0 Å². The van der Waals surface area contributed by atoms with E-state index in [1.54, 1.807) is 6.20 Å². The lowest BCUT2D eigenvalue weighted by molar-refractivity contribution is -0.124. The summed E-state index contributed by atoms with van der Waals surface area (Å²) in [5.41, 5.74) is 0.819. The Kier molecular flexibility index (Phi) is 4.17. The van der Waals surface area contributed by atoms with E-state index in [-0.39, 0.29) is 4.05 Å². The average molecular weight is 319 g/mol. The molecular weight excluding hydrogens is 310 g/mol. The van der Waals surface area contributed by atoms with E-state index in [1.807, 2.05) is 22.6 Å². The maximum Gasteiger partial charge on any atom is 0.401 e. The molecule has 2 N–H and O–H groups in total. The molecule has 1 aromatic heterocycles. The number of imidazole rings is 1. The number of nitrogens with one attached hydrogen (secondary N) is 2. The Morgan fingerprint density at radius 1 is 1.57 bits per heavy atom. The SMILES string of the molecule is FC(F)(F)CN[C@H](I)Cc1cnc[nH]1. The minimum absolute atomic E-state index is 0.255. The van der Waals surface area contributed by atoms with Crippen molar-refractivity contribution in [3.63, 3.8) is 0 Å². The largest absolute Gasteiger partial charge is 0.401 e. The van der Waals surface area contributed by atoms with Crippen LogP contribution in [0, 0.1) is 0 Å². The maximum atomic E-state index is 11.8. The lowest BCUT2D eigenvalue weighted by Gasteiger charge is -2.12. The van der Waals surface area contributed by atoms with Gasteiger partial charge in [-0.2, -0.15) is 13.2 Å². The van der Waals surface area contributed by atoms with Gasteiger partial charge in [0.2, 0.25) is 0 Å². The Hall–Kier alpha value is -0.310. The fourth-order valence-corrected chi connectivity index (χ4v) is 1.58. The molecule has 0 amide bonds. The van der Waals surface area contributed by atoms with Crippen molar-refractivity contribution in [3.05, 3.63) is 18.2 Å². The first-order valence-corrected chi connectivity index (χ1v) is 5.13. The fraction of sp³-hybridized carbons (Fsp3) is 0.571. The fourth-order valence-electron chi connectivity index (χ4n) is 0.888. The number of aromatic amines is 1. The van der Waals surface area contributed by atoms with E-state index >= 15 is 0 Å². The molecule has 0 unspecified atom stereocenters. The summed E-state index contributed by atoms with van der Waals surface area (Å²) in [6.07, 6.45) is -0.558. The van der Waals surface area contributed by atoms with E-state index in [0.29, 0.717) is 6.42 Å². The Morgan fingerprint density at radius 2 is 2.29 bits per heavy atom. The highest BCUT2D eigenvalue weighted by Crippen LogP contribution is 2.14. The van der Waals surface area contributed by atoms with Crippen molar-refractivity contribution in [2.75, 3.05) is 6.54 Å². The molecule has 7 heteroatoms. The molecule has 0 radical (unpaired) electrons. The van der Waals surface area contributed by atoms with Crippen LogP contribution in [-0.4, -0.2) is 26.7 Å². The van der Waals surface area contributed by atoms with Gasteiger partial charge in [-0.15, -0.1) is 0 Å². The van der Waals surface area contributed by atoms with E-state index in [2.05, 4.69) is 15.3 Å². The van der Waals surface area contributed by atoms with Crippen molar-refractivity contribution < 1.29 is 13.2 Å². The molecule has 1 atom stereocenters. The molecule has 0 aliphatic rings. The minimum atomic E-state index is -4.16. The smallest absolute Gasteiger partial charge is 0.348 e. The van der Waals surface area contributed by atoms with Gasteiger partial charge in [0.15, 0.2) is 0 Å². The topological polar surface area (TPSA) is 40.7 Å². The molecule has 0 fully saturated rings. The third kappa shape index (κ3) is 4.80. The predicted octanol–water partition coefficient (Wildman–Crippen LogP) is 1.87. The summed E-state index contributed by atoms with van der Waals surface area (Å²) in [6.45, 7) is -0.964. The molecule has 3 nitrogen and oxygen atoms in total. The number of hydrogen-bond donors (Lipinski definition) is 2. The first kappa shape index (κ1) is 11.8. The van der Waals surface area contributed by atoms with Crippen LogP contribution >= 0.6 is 22.6 Å². The van der Waals surface area contributed by atoms with Crippen LogP contribution in [-0.2, 0) is 6.42 Å². The van der Waals surface area contributed by atoms with Crippen molar-refractivity contribution >= 4 is 22.6 Å². The van der Waals surface area contributed by atoms with Crippen LogP contribution in [0.1, 0.15) is 5.69 Å². The number of nitrogens with zero attached hydrogens (tertiary/aromatic N) is 1.